The lowest BCUT2D eigenvalue weighted by molar-refractivity contribution is 0.221. The molecule has 2 unspecified atom stereocenters. The minimum absolute atomic E-state index is 0.165. The Balaban J connectivity index is 2.11. The molecule has 2 atom stereocenters. The quantitative estimate of drug-likeness (QED) is 0.433. The maximum Gasteiger partial charge on any atom is 0.122 e. The van der Waals surface area contributed by atoms with Gasteiger partial charge in [0.1, 0.15) is 11.9 Å². The van der Waals surface area contributed by atoms with E-state index in [1.807, 2.05) is 43.3 Å². The zero-order valence-electron chi connectivity index (χ0n) is 18.7. The molecule has 0 saturated heterocycles. The van der Waals surface area contributed by atoms with Gasteiger partial charge in [-0.1, -0.05) is 94.2 Å². The van der Waals surface area contributed by atoms with Crippen molar-refractivity contribution >= 4 is 13.9 Å². The zero-order valence-corrected chi connectivity index (χ0v) is 19.7. The molecule has 2 nitrogen and oxygen atoms in total. The SMILES string of the molecule is CCC(CC)(Pc1ccc(C)cc1C(O)c1ccccc1)c1cc(C)cc(C)c1O. The van der Waals surface area contributed by atoms with Gasteiger partial charge in [-0.3, -0.25) is 0 Å². The first-order valence-corrected chi connectivity index (χ1v) is 11.7. The van der Waals surface area contributed by atoms with Crippen LogP contribution in [0.5, 0.6) is 5.75 Å². The number of aryl methyl sites for hydroxylation is 3. The van der Waals surface area contributed by atoms with Crippen LogP contribution in [0.25, 0.3) is 0 Å². The van der Waals surface area contributed by atoms with Gasteiger partial charge in [0, 0.05) is 10.7 Å². The molecule has 0 aliphatic heterocycles. The van der Waals surface area contributed by atoms with Gasteiger partial charge in [0.25, 0.3) is 0 Å². The first-order chi connectivity index (χ1) is 14.3. The number of aromatic hydroxyl groups is 1. The standard InChI is InChI=1S/C27H33O2P/c1-6-27(7-2,23-17-19(4)15-20(5)25(23)28)30-24-14-13-18(3)16-22(24)26(29)21-11-9-8-10-12-21/h8-17,26,28-30H,6-7H2,1-5H3. The Morgan fingerprint density at radius 2 is 1.53 bits per heavy atom. The largest absolute Gasteiger partial charge is 0.507 e. The van der Waals surface area contributed by atoms with Gasteiger partial charge in [-0.2, -0.15) is 0 Å². The number of rotatable bonds is 7. The molecule has 0 fully saturated rings. The summed E-state index contributed by atoms with van der Waals surface area (Å²) in [5, 5.41) is 23.2. The van der Waals surface area contributed by atoms with E-state index in [2.05, 4.69) is 52.0 Å². The Hall–Kier alpha value is -2.15. The fourth-order valence-electron chi connectivity index (χ4n) is 4.29. The van der Waals surface area contributed by atoms with Crippen LogP contribution in [0.4, 0.5) is 0 Å². The van der Waals surface area contributed by atoms with Crippen LogP contribution in [0.15, 0.2) is 60.7 Å². The Morgan fingerprint density at radius 3 is 2.17 bits per heavy atom. The second-order valence-corrected chi connectivity index (χ2v) is 10.0. The normalized spacial score (nSPS) is 13.1. The van der Waals surface area contributed by atoms with E-state index in [1.165, 1.54) is 10.9 Å². The van der Waals surface area contributed by atoms with E-state index in [9.17, 15) is 10.2 Å². The molecule has 0 saturated carbocycles. The van der Waals surface area contributed by atoms with Crippen molar-refractivity contribution in [2.75, 3.05) is 0 Å². The van der Waals surface area contributed by atoms with Crippen molar-refractivity contribution in [3.63, 3.8) is 0 Å². The molecule has 158 valence electrons. The highest BCUT2D eigenvalue weighted by atomic mass is 31.1. The maximum absolute atomic E-state index is 11.2. The number of phenols is 1. The molecule has 0 heterocycles. The highest BCUT2D eigenvalue weighted by Crippen LogP contribution is 2.51. The van der Waals surface area contributed by atoms with E-state index in [0.29, 0.717) is 14.3 Å². The average molecular weight is 421 g/mol. The lowest BCUT2D eigenvalue weighted by atomic mass is 9.89. The molecule has 0 bridgehead atoms. The van der Waals surface area contributed by atoms with Crippen molar-refractivity contribution in [1.29, 1.82) is 0 Å². The molecule has 0 amide bonds. The molecule has 3 rings (SSSR count). The first-order valence-electron chi connectivity index (χ1n) is 10.7. The topological polar surface area (TPSA) is 40.5 Å². The summed E-state index contributed by atoms with van der Waals surface area (Å²) in [7, 11) is 0.445. The molecule has 0 aliphatic rings. The van der Waals surface area contributed by atoms with E-state index >= 15 is 0 Å². The molecule has 0 spiro atoms. The molecule has 2 N–H and O–H groups in total. The van der Waals surface area contributed by atoms with Gasteiger partial charge in [-0.05, 0) is 55.6 Å². The number of phenolic OH excluding ortho intramolecular Hbond substituents is 1. The van der Waals surface area contributed by atoms with Crippen molar-refractivity contribution in [3.05, 3.63) is 94.0 Å². The second kappa shape index (κ2) is 9.33. The van der Waals surface area contributed by atoms with Crippen LogP contribution in [0.1, 0.15) is 66.2 Å². The van der Waals surface area contributed by atoms with Crippen molar-refractivity contribution in [2.45, 2.75) is 58.7 Å². The van der Waals surface area contributed by atoms with Gasteiger partial charge in [0.05, 0.1) is 0 Å². The van der Waals surface area contributed by atoms with Gasteiger partial charge < -0.3 is 10.2 Å². The van der Waals surface area contributed by atoms with Gasteiger partial charge in [-0.15, -0.1) is 0 Å². The van der Waals surface area contributed by atoms with Crippen LogP contribution in [-0.4, -0.2) is 10.2 Å². The number of aliphatic hydroxyl groups excluding tert-OH is 1. The van der Waals surface area contributed by atoms with Crippen LogP contribution in [0.3, 0.4) is 0 Å². The van der Waals surface area contributed by atoms with Crippen LogP contribution < -0.4 is 5.30 Å². The minimum Gasteiger partial charge on any atom is -0.507 e. The number of hydrogen-bond acceptors (Lipinski definition) is 2. The van der Waals surface area contributed by atoms with Gasteiger partial charge in [-0.25, -0.2) is 0 Å². The molecule has 3 aromatic carbocycles. The number of benzene rings is 3. The summed E-state index contributed by atoms with van der Waals surface area (Å²) >= 11 is 0. The predicted octanol–water partition coefficient (Wildman–Crippen LogP) is 6.42. The molecule has 3 heteroatoms. The molecule has 3 aromatic rings. The monoisotopic (exact) mass is 420 g/mol. The van der Waals surface area contributed by atoms with E-state index in [1.54, 1.807) is 0 Å². The molecular weight excluding hydrogens is 387 g/mol. The Bertz CT molecular complexity index is 1010. The van der Waals surface area contributed by atoms with Crippen molar-refractivity contribution in [2.24, 2.45) is 0 Å². The summed E-state index contributed by atoms with van der Waals surface area (Å²) < 4.78 is 0. The van der Waals surface area contributed by atoms with E-state index < -0.39 is 6.10 Å². The molecule has 30 heavy (non-hydrogen) atoms. The van der Waals surface area contributed by atoms with Crippen LogP contribution in [-0.2, 0) is 5.16 Å². The van der Waals surface area contributed by atoms with Gasteiger partial charge in [0.2, 0.25) is 0 Å². The number of hydrogen-bond donors (Lipinski definition) is 2. The summed E-state index contributed by atoms with van der Waals surface area (Å²) in [5.74, 6) is 0.411. The van der Waals surface area contributed by atoms with Crippen LogP contribution in [0, 0.1) is 20.8 Å². The van der Waals surface area contributed by atoms with Crippen molar-refractivity contribution in [1.82, 2.24) is 0 Å². The van der Waals surface area contributed by atoms with E-state index in [-0.39, 0.29) is 5.16 Å². The van der Waals surface area contributed by atoms with Gasteiger partial charge in [0.15, 0.2) is 0 Å². The highest BCUT2D eigenvalue weighted by molar-refractivity contribution is 7.48. The Labute approximate surface area is 182 Å². The molecule has 0 radical (unpaired) electrons. The molecule has 0 aliphatic carbocycles. The van der Waals surface area contributed by atoms with Crippen LogP contribution >= 0.6 is 8.58 Å². The smallest absolute Gasteiger partial charge is 0.122 e. The average Bonchev–Trinajstić information content (AvgIpc) is 2.76. The van der Waals surface area contributed by atoms with Gasteiger partial charge >= 0.3 is 0 Å². The summed E-state index contributed by atoms with van der Waals surface area (Å²) in [6, 6.07) is 20.4. The third-order valence-electron chi connectivity index (χ3n) is 6.16. The van der Waals surface area contributed by atoms with Crippen molar-refractivity contribution < 1.29 is 10.2 Å². The minimum atomic E-state index is -0.659. The lowest BCUT2D eigenvalue weighted by Crippen LogP contribution is -2.24. The number of aliphatic hydroxyl groups is 1. The predicted molar refractivity (Wildman–Crippen MR) is 129 cm³/mol. The fraction of sp³-hybridized carbons (Fsp3) is 0.333. The summed E-state index contributed by atoms with van der Waals surface area (Å²) in [6.45, 7) is 10.5. The Morgan fingerprint density at radius 1 is 0.867 bits per heavy atom. The first kappa shape index (κ1) is 22.5. The Kier molecular flexibility index (Phi) is 7.01. The molecular formula is C27H33O2P. The third kappa shape index (κ3) is 4.46. The summed E-state index contributed by atoms with van der Waals surface area (Å²) in [5.41, 5.74) is 6.14. The molecule has 0 aromatic heterocycles. The third-order valence-corrected chi connectivity index (χ3v) is 8.34. The van der Waals surface area contributed by atoms with Crippen LogP contribution in [0.2, 0.25) is 0 Å². The lowest BCUT2D eigenvalue weighted by Gasteiger charge is -2.35. The van der Waals surface area contributed by atoms with Crippen molar-refractivity contribution in [3.8, 4) is 5.75 Å². The summed E-state index contributed by atoms with van der Waals surface area (Å²) in [4.78, 5) is 0. The second-order valence-electron chi connectivity index (χ2n) is 8.30. The van der Waals surface area contributed by atoms with E-state index in [0.717, 1.165) is 40.7 Å². The van der Waals surface area contributed by atoms with E-state index in [4.69, 9.17) is 0 Å². The zero-order chi connectivity index (χ0) is 21.9. The fourth-order valence-corrected chi connectivity index (χ4v) is 6.01. The summed E-state index contributed by atoms with van der Waals surface area (Å²) in [6.07, 6.45) is 1.19. The maximum atomic E-state index is 11.2. The highest BCUT2D eigenvalue weighted by Gasteiger charge is 2.33.